The van der Waals surface area contributed by atoms with Crippen LogP contribution in [0.1, 0.15) is 44.4 Å². The predicted octanol–water partition coefficient (Wildman–Crippen LogP) is 13.2. The predicted molar refractivity (Wildman–Crippen MR) is 303 cm³/mol. The molecule has 18 nitrogen and oxygen atoms in total. The largest absolute Gasteiger partial charge is 0.460 e. The van der Waals surface area contributed by atoms with E-state index in [1.807, 2.05) is 18.2 Å². The van der Waals surface area contributed by atoms with E-state index in [2.05, 4.69) is 54.9 Å². The first-order valence-electron chi connectivity index (χ1n) is 20.1. The molecule has 7 aromatic rings. The molecule has 0 aromatic carbocycles. The Morgan fingerprint density at radius 2 is 1.15 bits per heavy atom. The second-order valence-corrected chi connectivity index (χ2v) is 18.9. The normalized spacial score (nSPS) is 10.0. The Morgan fingerprint density at radius 1 is 0.720 bits per heavy atom. The van der Waals surface area contributed by atoms with Crippen molar-refractivity contribution in [2.45, 2.75) is 39.9 Å². The minimum Gasteiger partial charge on any atom is -0.460 e. The van der Waals surface area contributed by atoms with E-state index in [-0.39, 0.29) is 37.8 Å². The Balaban J connectivity index is 0.000000318. The summed E-state index contributed by atoms with van der Waals surface area (Å²) < 4.78 is 10.9. The average Bonchev–Trinajstić information content (AvgIpc) is 4.04. The SMILES string of the molecule is C#CC(=O)OC(C)C.CC(C)OC(=O)/C=C\n1cnc(-c2cc(Cl)nc(Cl)c2)n1.CSC(=N)c1cc(Cl)nc(Cl)c1.Clc1cc(-c2ncn[nH]2)cc(Cl)n1.N#Cc1cc(Cl)nc(Cl)c1.NC(=S)c1cc(Cl)nc(Cl)c1. The van der Waals surface area contributed by atoms with Gasteiger partial charge in [0, 0.05) is 40.5 Å². The van der Waals surface area contributed by atoms with Gasteiger partial charge in [-0.05, 0) is 94.6 Å². The van der Waals surface area contributed by atoms with Crippen LogP contribution in [-0.4, -0.2) is 95.3 Å². The maximum absolute atomic E-state index is 11.4. The number of hydrogen-bond donors (Lipinski definition) is 3. The number of aromatic amines is 1. The molecule has 0 amide bonds. The number of aromatic nitrogens is 11. The molecule has 0 spiro atoms. The molecule has 7 aromatic heterocycles. The molecular weight excluding hydrogens is 1220 g/mol. The van der Waals surface area contributed by atoms with Crippen LogP contribution in [0.2, 0.25) is 51.5 Å². The number of nitrogens with two attached hydrogens (primary N) is 1. The molecule has 0 aliphatic heterocycles. The maximum Gasteiger partial charge on any atom is 0.384 e. The van der Waals surface area contributed by atoms with Gasteiger partial charge in [0.2, 0.25) is 0 Å². The summed E-state index contributed by atoms with van der Waals surface area (Å²) in [5, 5.41) is 29.8. The van der Waals surface area contributed by atoms with Crippen LogP contribution in [0.15, 0.2) is 79.4 Å². The van der Waals surface area contributed by atoms with Crippen molar-refractivity contribution in [2.75, 3.05) is 6.26 Å². The number of nitrogens with one attached hydrogen (secondary N) is 2. The number of nitrogens with zero attached hydrogens (tertiary/aromatic N) is 11. The van der Waals surface area contributed by atoms with Crippen molar-refractivity contribution in [3.05, 3.63) is 148 Å². The first kappa shape index (κ1) is 65.7. The van der Waals surface area contributed by atoms with Gasteiger partial charge in [-0.2, -0.15) is 10.4 Å². The Kier molecular flexibility index (Phi) is 30.0. The second kappa shape index (κ2) is 34.3. The quantitative estimate of drug-likeness (QED) is 0.0187. The van der Waals surface area contributed by atoms with Crippen molar-refractivity contribution in [2.24, 2.45) is 5.73 Å². The van der Waals surface area contributed by atoms with Crippen molar-refractivity contribution < 1.29 is 19.1 Å². The van der Waals surface area contributed by atoms with Gasteiger partial charge in [-0.3, -0.25) is 10.5 Å². The van der Waals surface area contributed by atoms with E-state index in [1.165, 1.54) is 53.5 Å². The first-order valence-corrected chi connectivity index (χ1v) is 25.5. The zero-order chi connectivity index (χ0) is 56.4. The van der Waals surface area contributed by atoms with Gasteiger partial charge >= 0.3 is 11.9 Å². The number of nitriles is 1. The van der Waals surface area contributed by atoms with E-state index in [0.29, 0.717) is 69.9 Å². The van der Waals surface area contributed by atoms with Crippen molar-refractivity contribution in [3.63, 3.8) is 0 Å². The molecule has 0 atom stereocenters. The topological polar surface area (TPSA) is 263 Å². The highest BCUT2D eigenvalue weighted by molar-refractivity contribution is 8.13. The molecular formula is C45H36Cl10N14O4S2. The lowest BCUT2D eigenvalue weighted by molar-refractivity contribution is -0.141. The smallest absolute Gasteiger partial charge is 0.384 e. The number of H-pyrrole nitrogens is 1. The van der Waals surface area contributed by atoms with Gasteiger partial charge in [0.1, 0.15) is 69.2 Å². The van der Waals surface area contributed by atoms with E-state index >= 15 is 0 Å². The molecule has 0 unspecified atom stereocenters. The fraction of sp³-hybridized carbons (Fsp3) is 0.156. The van der Waals surface area contributed by atoms with Crippen molar-refractivity contribution in [1.82, 2.24) is 54.9 Å². The van der Waals surface area contributed by atoms with Crippen LogP contribution in [0, 0.1) is 29.1 Å². The summed E-state index contributed by atoms with van der Waals surface area (Å²) >= 11 is 62.5. The van der Waals surface area contributed by atoms with Gasteiger partial charge in [0.25, 0.3) is 0 Å². The number of thiocarbonyl (C=S) groups is 1. The number of terminal acetylenes is 1. The molecule has 0 fully saturated rings. The Morgan fingerprint density at radius 3 is 1.52 bits per heavy atom. The summed E-state index contributed by atoms with van der Waals surface area (Å²) in [5.41, 5.74) is 8.49. The van der Waals surface area contributed by atoms with Crippen LogP contribution < -0.4 is 5.73 Å². The van der Waals surface area contributed by atoms with Gasteiger partial charge < -0.3 is 15.2 Å². The minimum atomic E-state index is -0.597. The van der Waals surface area contributed by atoms with Gasteiger partial charge in [0.15, 0.2) is 11.6 Å². The number of halogens is 10. The number of carbonyl (C=O) groups is 2. The standard InChI is InChI=1S/C13H12Cl2N4O2.C7H4Cl2N4.C7H6Cl2N2S.C6H4Cl2N2S.C6H2Cl2N2.C6H8O2/c1-8(2)21-12(20)3-4-19-7-16-13(18-19)9-5-10(14)17-11(15)6-9;8-5-1-4(2-6(9)12-5)7-10-3-11-13-7;1-12-7(10)4-2-5(8)11-6(9)3-4;7-4-1-3(6(9)11)2-5(8)10-4;7-5-1-4(3-9)2-6(8)10-5;1-4-6(7)8-5(2)3/h3-8H,1-2H3;1-3H,(H,10,11,13);2-3,10H,1H3;1-2H,(H2,9,11);1-2H;1,5H,2-3H3/b4-3-;;;;;. The highest BCUT2D eigenvalue weighted by atomic mass is 35.5. The summed E-state index contributed by atoms with van der Waals surface area (Å²) in [7, 11) is 0. The molecule has 30 heteroatoms. The van der Waals surface area contributed by atoms with Gasteiger partial charge in [0.05, 0.1) is 28.9 Å². The van der Waals surface area contributed by atoms with E-state index in [0.717, 1.165) is 5.56 Å². The van der Waals surface area contributed by atoms with E-state index in [9.17, 15) is 9.59 Å². The lowest BCUT2D eigenvalue weighted by Gasteiger charge is -2.03. The highest BCUT2D eigenvalue weighted by Gasteiger charge is 2.09. The zero-order valence-electron chi connectivity index (χ0n) is 39.0. The van der Waals surface area contributed by atoms with Crippen molar-refractivity contribution in [1.29, 1.82) is 10.7 Å². The number of ether oxygens (including phenoxy) is 2. The van der Waals surface area contributed by atoms with Crippen LogP contribution in [-0.2, 0) is 19.1 Å². The molecule has 7 heterocycles. The first-order chi connectivity index (χ1) is 35.3. The number of rotatable bonds is 8. The van der Waals surface area contributed by atoms with E-state index in [4.69, 9.17) is 156 Å². The van der Waals surface area contributed by atoms with Crippen LogP contribution in [0.25, 0.3) is 29.0 Å². The number of esters is 2. The minimum absolute atomic E-state index is 0.112. The zero-order valence-corrected chi connectivity index (χ0v) is 48.2. The van der Waals surface area contributed by atoms with Gasteiger partial charge in [-0.15, -0.1) is 23.3 Å². The number of thioether (sulfide) groups is 1. The van der Waals surface area contributed by atoms with Crippen LogP contribution in [0.3, 0.4) is 0 Å². The molecule has 0 saturated carbocycles. The molecule has 0 bridgehead atoms. The third-order valence-corrected chi connectivity index (χ3v) is 10.1. The van der Waals surface area contributed by atoms with Gasteiger partial charge in [-0.25, -0.2) is 49.2 Å². The molecule has 7 rings (SSSR count). The van der Waals surface area contributed by atoms with Crippen LogP contribution >= 0.6 is 140 Å². The Labute approximate surface area is 489 Å². The fourth-order valence-electron chi connectivity index (χ4n) is 4.53. The second-order valence-electron chi connectivity index (χ2n) is 13.8. The van der Waals surface area contributed by atoms with E-state index < -0.39 is 11.9 Å². The monoisotopic (exact) mass is 1250 g/mol. The lowest BCUT2D eigenvalue weighted by atomic mass is 10.2. The third-order valence-electron chi connectivity index (χ3n) is 7.33. The van der Waals surface area contributed by atoms with Gasteiger partial charge in [-0.1, -0.05) is 128 Å². The molecule has 0 aliphatic carbocycles. The molecule has 0 radical (unpaired) electrons. The van der Waals surface area contributed by atoms with Crippen LogP contribution in [0.5, 0.6) is 0 Å². The molecule has 0 saturated heterocycles. The number of carbonyl (C=O) groups excluding carboxylic acids is 2. The van der Waals surface area contributed by atoms with E-state index in [1.54, 1.807) is 76.2 Å². The molecule has 4 N–H and O–H groups in total. The summed E-state index contributed by atoms with van der Waals surface area (Å²) in [4.78, 5) is 48.7. The number of pyridine rings is 5. The third kappa shape index (κ3) is 27.3. The maximum atomic E-state index is 11.4. The molecule has 75 heavy (non-hydrogen) atoms. The molecule has 392 valence electrons. The number of hydrogen-bond acceptors (Lipinski definition) is 17. The fourth-order valence-corrected chi connectivity index (χ4v) is 7.30. The summed E-state index contributed by atoms with van der Waals surface area (Å²) in [6, 6.07) is 17.7. The van der Waals surface area contributed by atoms with Crippen LogP contribution in [0.4, 0.5) is 0 Å². The molecule has 0 aliphatic rings. The summed E-state index contributed by atoms with van der Waals surface area (Å²) in [6.07, 6.45) is 11.8. The highest BCUT2D eigenvalue weighted by Crippen LogP contribution is 2.23. The van der Waals surface area contributed by atoms with Crippen molar-refractivity contribution >= 4 is 168 Å². The Bertz CT molecular complexity index is 3070. The summed E-state index contributed by atoms with van der Waals surface area (Å²) in [6.45, 7) is 7.04. The Hall–Kier alpha value is -5.43. The van der Waals surface area contributed by atoms with Crippen molar-refractivity contribution in [3.8, 4) is 41.2 Å². The average molecular weight is 1260 g/mol. The lowest BCUT2D eigenvalue weighted by Crippen LogP contribution is -2.09. The summed E-state index contributed by atoms with van der Waals surface area (Å²) in [5.74, 6) is 1.83.